The van der Waals surface area contributed by atoms with Crippen LogP contribution >= 0.6 is 0 Å². The molecular weight excluding hydrogens is 222 g/mol. The maximum absolute atomic E-state index is 4.59. The second kappa shape index (κ2) is 5.11. The van der Waals surface area contributed by atoms with Gasteiger partial charge in [-0.15, -0.1) is 0 Å². The van der Waals surface area contributed by atoms with Gasteiger partial charge in [-0.1, -0.05) is 25.0 Å². The van der Waals surface area contributed by atoms with Gasteiger partial charge in [0.05, 0.1) is 17.6 Å². The molecule has 0 aliphatic heterocycles. The zero-order valence-electron chi connectivity index (χ0n) is 10.9. The van der Waals surface area contributed by atoms with Crippen molar-refractivity contribution < 1.29 is 0 Å². The number of imidazole rings is 1. The van der Waals surface area contributed by atoms with Crippen molar-refractivity contribution in [2.75, 3.05) is 0 Å². The lowest BCUT2D eigenvalue weighted by atomic mass is 10.00. The van der Waals surface area contributed by atoms with E-state index in [1.54, 1.807) is 0 Å². The maximum Gasteiger partial charge on any atom is 0.121 e. The molecule has 96 valence electrons. The Bertz CT molecular complexity index is 478. The van der Waals surface area contributed by atoms with Crippen molar-refractivity contribution in [3.63, 3.8) is 0 Å². The molecule has 1 aliphatic rings. The molecule has 18 heavy (non-hydrogen) atoms. The van der Waals surface area contributed by atoms with Crippen molar-refractivity contribution >= 4 is 11.0 Å². The molecule has 1 saturated carbocycles. The number of rotatable bonds is 4. The highest BCUT2D eigenvalue weighted by molar-refractivity contribution is 5.74. The van der Waals surface area contributed by atoms with Gasteiger partial charge in [0.15, 0.2) is 0 Å². The highest BCUT2D eigenvalue weighted by Gasteiger charge is 2.21. The normalized spacial score (nSPS) is 18.5. The summed E-state index contributed by atoms with van der Waals surface area (Å²) in [6.07, 6.45) is 5.57. The van der Waals surface area contributed by atoms with Gasteiger partial charge in [-0.05, 0) is 37.8 Å². The Morgan fingerprint density at radius 1 is 1.33 bits per heavy atom. The number of fused-ring (bicyclic) bond motifs is 1. The molecule has 1 aromatic heterocycles. The average molecular weight is 243 g/mol. The van der Waals surface area contributed by atoms with E-state index in [9.17, 15) is 0 Å². The first-order valence-electron chi connectivity index (χ1n) is 7.00. The van der Waals surface area contributed by atoms with E-state index in [0.29, 0.717) is 6.04 Å². The number of hydrogen-bond acceptors (Lipinski definition) is 2. The van der Waals surface area contributed by atoms with E-state index < -0.39 is 0 Å². The Hall–Kier alpha value is -1.35. The van der Waals surface area contributed by atoms with Gasteiger partial charge in [-0.2, -0.15) is 0 Å². The van der Waals surface area contributed by atoms with Crippen LogP contribution in [0.15, 0.2) is 24.3 Å². The van der Waals surface area contributed by atoms with Crippen LogP contribution in [0.2, 0.25) is 0 Å². The van der Waals surface area contributed by atoms with Gasteiger partial charge in [0.2, 0.25) is 0 Å². The monoisotopic (exact) mass is 243 g/mol. The zero-order valence-corrected chi connectivity index (χ0v) is 10.9. The van der Waals surface area contributed by atoms with Gasteiger partial charge in [0, 0.05) is 6.04 Å². The molecule has 1 heterocycles. The minimum absolute atomic E-state index is 0.598. The summed E-state index contributed by atoms with van der Waals surface area (Å²) in [4.78, 5) is 7.96. The summed E-state index contributed by atoms with van der Waals surface area (Å²) >= 11 is 0. The molecule has 0 radical (unpaired) electrons. The lowest BCUT2D eigenvalue weighted by Crippen LogP contribution is -2.32. The lowest BCUT2D eigenvalue weighted by molar-refractivity contribution is 0.378. The van der Waals surface area contributed by atoms with E-state index in [2.05, 4.69) is 34.3 Å². The van der Waals surface area contributed by atoms with Gasteiger partial charge in [-0.25, -0.2) is 4.98 Å². The zero-order chi connectivity index (χ0) is 12.4. The van der Waals surface area contributed by atoms with Crippen molar-refractivity contribution in [3.8, 4) is 0 Å². The number of para-hydroxylation sites is 2. The van der Waals surface area contributed by atoms with Crippen LogP contribution in [0.4, 0.5) is 0 Å². The third kappa shape index (κ3) is 2.41. The summed E-state index contributed by atoms with van der Waals surface area (Å²) in [6, 6.07) is 8.79. The second-order valence-electron chi connectivity index (χ2n) is 5.41. The van der Waals surface area contributed by atoms with Crippen LogP contribution in [0.1, 0.15) is 38.4 Å². The van der Waals surface area contributed by atoms with Crippen molar-refractivity contribution in [2.45, 2.75) is 45.2 Å². The number of benzene rings is 1. The summed E-state index contributed by atoms with van der Waals surface area (Å²) in [5.41, 5.74) is 2.19. The fourth-order valence-corrected chi connectivity index (χ4v) is 2.97. The number of H-pyrrole nitrogens is 1. The van der Waals surface area contributed by atoms with Crippen LogP contribution in [0.5, 0.6) is 0 Å². The van der Waals surface area contributed by atoms with E-state index in [1.165, 1.54) is 25.7 Å². The van der Waals surface area contributed by atoms with Gasteiger partial charge in [-0.3, -0.25) is 0 Å². The van der Waals surface area contributed by atoms with Gasteiger partial charge in [0.1, 0.15) is 5.82 Å². The topological polar surface area (TPSA) is 40.7 Å². The molecule has 3 rings (SSSR count). The van der Waals surface area contributed by atoms with E-state index in [0.717, 1.165) is 29.3 Å². The fourth-order valence-electron chi connectivity index (χ4n) is 2.97. The molecule has 1 atom stereocenters. The number of nitrogens with one attached hydrogen (secondary N) is 2. The quantitative estimate of drug-likeness (QED) is 0.865. The molecule has 0 saturated heterocycles. The number of aromatic nitrogens is 2. The molecule has 0 amide bonds. The van der Waals surface area contributed by atoms with Crippen molar-refractivity contribution in [2.24, 2.45) is 5.92 Å². The number of nitrogens with zero attached hydrogens (tertiary/aromatic N) is 1. The molecule has 1 fully saturated rings. The molecule has 3 nitrogen and oxygen atoms in total. The number of aromatic amines is 1. The van der Waals surface area contributed by atoms with Crippen LogP contribution in [0, 0.1) is 5.92 Å². The standard InChI is InChI=1S/C15H21N3/c1-11(12-6-2-3-7-12)16-10-15-17-13-8-4-5-9-14(13)18-15/h4-5,8-9,11-12,16H,2-3,6-7,10H2,1H3,(H,17,18). The van der Waals surface area contributed by atoms with E-state index in [1.807, 2.05) is 12.1 Å². The molecule has 2 N–H and O–H groups in total. The van der Waals surface area contributed by atoms with Crippen LogP contribution in [-0.4, -0.2) is 16.0 Å². The van der Waals surface area contributed by atoms with Crippen LogP contribution in [-0.2, 0) is 6.54 Å². The summed E-state index contributed by atoms with van der Waals surface area (Å²) < 4.78 is 0. The number of hydrogen-bond donors (Lipinski definition) is 2. The first kappa shape index (κ1) is 11.7. The van der Waals surface area contributed by atoms with E-state index >= 15 is 0 Å². The summed E-state index contributed by atoms with van der Waals surface area (Å²) in [5.74, 6) is 1.90. The first-order chi connectivity index (χ1) is 8.83. The third-order valence-electron chi connectivity index (χ3n) is 4.14. The summed E-state index contributed by atoms with van der Waals surface area (Å²) in [5, 5.41) is 3.61. The predicted molar refractivity (Wildman–Crippen MR) is 74.4 cm³/mol. The van der Waals surface area contributed by atoms with E-state index in [-0.39, 0.29) is 0 Å². The largest absolute Gasteiger partial charge is 0.341 e. The van der Waals surface area contributed by atoms with Crippen molar-refractivity contribution in [1.82, 2.24) is 15.3 Å². The van der Waals surface area contributed by atoms with Crippen molar-refractivity contribution in [3.05, 3.63) is 30.1 Å². The predicted octanol–water partition coefficient (Wildman–Crippen LogP) is 3.23. The maximum atomic E-state index is 4.59. The van der Waals surface area contributed by atoms with Crippen molar-refractivity contribution in [1.29, 1.82) is 0 Å². The van der Waals surface area contributed by atoms with Crippen LogP contribution < -0.4 is 5.32 Å². The highest BCUT2D eigenvalue weighted by atomic mass is 15.0. The fraction of sp³-hybridized carbons (Fsp3) is 0.533. The minimum Gasteiger partial charge on any atom is -0.341 e. The Morgan fingerprint density at radius 3 is 2.89 bits per heavy atom. The van der Waals surface area contributed by atoms with Crippen LogP contribution in [0.3, 0.4) is 0 Å². The minimum atomic E-state index is 0.598. The lowest BCUT2D eigenvalue weighted by Gasteiger charge is -2.19. The average Bonchev–Trinajstić information content (AvgIpc) is 3.04. The molecule has 1 aliphatic carbocycles. The Balaban J connectivity index is 1.62. The Morgan fingerprint density at radius 2 is 2.11 bits per heavy atom. The highest BCUT2D eigenvalue weighted by Crippen LogP contribution is 2.27. The summed E-state index contributed by atoms with van der Waals surface area (Å²) in [6.45, 7) is 3.14. The van der Waals surface area contributed by atoms with E-state index in [4.69, 9.17) is 0 Å². The van der Waals surface area contributed by atoms with Gasteiger partial charge >= 0.3 is 0 Å². The molecule has 2 aromatic rings. The SMILES string of the molecule is CC(NCc1nc2ccccc2[nH]1)C1CCCC1. The Kier molecular flexibility index (Phi) is 3.33. The first-order valence-corrected chi connectivity index (χ1v) is 7.00. The Labute approximate surface area is 108 Å². The van der Waals surface area contributed by atoms with Gasteiger partial charge in [0.25, 0.3) is 0 Å². The molecule has 0 bridgehead atoms. The molecular formula is C15H21N3. The summed E-state index contributed by atoms with van der Waals surface area (Å²) in [7, 11) is 0. The molecule has 1 unspecified atom stereocenters. The second-order valence-corrected chi connectivity index (χ2v) is 5.41. The van der Waals surface area contributed by atoms with Crippen LogP contribution in [0.25, 0.3) is 11.0 Å². The third-order valence-corrected chi connectivity index (χ3v) is 4.14. The van der Waals surface area contributed by atoms with Gasteiger partial charge < -0.3 is 10.3 Å². The molecule has 3 heteroatoms. The smallest absolute Gasteiger partial charge is 0.121 e. The molecule has 0 spiro atoms. The molecule has 1 aromatic carbocycles.